The smallest absolute Gasteiger partial charge is 0.335 e. The average Bonchev–Trinajstić information content (AvgIpc) is 2.68. The predicted molar refractivity (Wildman–Crippen MR) is 114 cm³/mol. The number of rotatable bonds is 9. The van der Waals surface area contributed by atoms with Gasteiger partial charge in [-0.25, -0.2) is 10.2 Å². The lowest BCUT2D eigenvalue weighted by Gasteiger charge is -2.18. The van der Waals surface area contributed by atoms with Crippen LogP contribution in [-0.2, 0) is 16.2 Å². The molecule has 28 heavy (non-hydrogen) atoms. The Morgan fingerprint density at radius 3 is 2.75 bits per heavy atom. The molecule has 7 nitrogen and oxygen atoms in total. The Hall–Kier alpha value is -2.77. The Morgan fingerprint density at radius 2 is 2.11 bits per heavy atom. The summed E-state index contributed by atoms with van der Waals surface area (Å²) >= 11 is 6.27. The van der Waals surface area contributed by atoms with Gasteiger partial charge < -0.3 is 14.9 Å². The van der Waals surface area contributed by atoms with E-state index < -0.39 is 0 Å². The molecule has 0 spiro atoms. The van der Waals surface area contributed by atoms with E-state index in [1.165, 1.54) is 5.01 Å². The molecule has 0 aliphatic rings. The van der Waals surface area contributed by atoms with Crippen LogP contribution in [-0.4, -0.2) is 38.0 Å². The molecule has 0 fully saturated rings. The Balaban J connectivity index is 2.82. The standard InChI is InChI=1S/C20H27ClN4O3/c1-14(9-7-10-15(2)27-6)16(3)24-28-13-17-18(21)11-8-12-19(17)23-20(26)25(5)22-4/h7-12,22H,2,13H2,1,3-6H3,(H,23,26)/b10-7-,14-9+,24-16+. The normalized spacial score (nSPS) is 12.1. The monoisotopic (exact) mass is 406 g/mol. The van der Waals surface area contributed by atoms with Crippen LogP contribution < -0.4 is 10.7 Å². The SMILES string of the molecule is C=C(\C=C/C=C(C)/C(C)=N/OCc1c(Cl)cccc1NC(=O)N(C)NC)OC. The van der Waals surface area contributed by atoms with Gasteiger partial charge in [-0.2, -0.15) is 0 Å². The number of oxime groups is 1. The van der Waals surface area contributed by atoms with Gasteiger partial charge in [0.05, 0.1) is 18.5 Å². The number of ether oxygens (including phenoxy) is 1. The zero-order valence-electron chi connectivity index (χ0n) is 16.9. The molecule has 0 saturated carbocycles. The van der Waals surface area contributed by atoms with Crippen LogP contribution in [0.25, 0.3) is 0 Å². The van der Waals surface area contributed by atoms with Crippen molar-refractivity contribution in [3.63, 3.8) is 0 Å². The van der Waals surface area contributed by atoms with Gasteiger partial charge in [0.25, 0.3) is 0 Å². The highest BCUT2D eigenvalue weighted by Crippen LogP contribution is 2.25. The van der Waals surface area contributed by atoms with Crippen LogP contribution >= 0.6 is 11.6 Å². The van der Waals surface area contributed by atoms with Crippen LogP contribution in [0.5, 0.6) is 0 Å². The van der Waals surface area contributed by atoms with Crippen LogP contribution in [0.2, 0.25) is 5.02 Å². The van der Waals surface area contributed by atoms with Gasteiger partial charge in [-0.05, 0) is 37.6 Å². The molecular weight excluding hydrogens is 380 g/mol. The summed E-state index contributed by atoms with van der Waals surface area (Å²) < 4.78 is 4.96. The molecule has 2 amide bonds. The molecule has 0 aliphatic carbocycles. The van der Waals surface area contributed by atoms with E-state index in [1.807, 2.05) is 26.0 Å². The summed E-state index contributed by atoms with van der Waals surface area (Å²) in [5, 5.41) is 8.69. The van der Waals surface area contributed by atoms with Crippen LogP contribution in [0.3, 0.4) is 0 Å². The third kappa shape index (κ3) is 7.46. The lowest BCUT2D eigenvalue weighted by atomic mass is 10.2. The van der Waals surface area contributed by atoms with Gasteiger partial charge >= 0.3 is 6.03 Å². The number of methoxy groups -OCH3 is 1. The first-order chi connectivity index (χ1) is 13.3. The molecule has 0 unspecified atom stereocenters. The van der Waals surface area contributed by atoms with Gasteiger partial charge in [0.2, 0.25) is 0 Å². The van der Waals surface area contributed by atoms with E-state index in [4.69, 9.17) is 21.2 Å². The highest BCUT2D eigenvalue weighted by atomic mass is 35.5. The summed E-state index contributed by atoms with van der Waals surface area (Å²) in [7, 11) is 4.82. The third-order valence-electron chi connectivity index (χ3n) is 3.87. The predicted octanol–water partition coefficient (Wildman–Crippen LogP) is 4.49. The van der Waals surface area contributed by atoms with Gasteiger partial charge in [0.1, 0.15) is 12.4 Å². The van der Waals surface area contributed by atoms with E-state index in [0.29, 0.717) is 27.7 Å². The number of hydrogen-bond acceptors (Lipinski definition) is 5. The number of halogens is 1. The van der Waals surface area contributed by atoms with Gasteiger partial charge in [0.15, 0.2) is 0 Å². The van der Waals surface area contributed by atoms with Crippen molar-refractivity contribution in [2.24, 2.45) is 5.16 Å². The highest BCUT2D eigenvalue weighted by Gasteiger charge is 2.13. The summed E-state index contributed by atoms with van der Waals surface area (Å²) in [6.45, 7) is 7.57. The molecule has 0 heterocycles. The molecule has 0 bridgehead atoms. The number of benzene rings is 1. The number of nitrogens with one attached hydrogen (secondary N) is 2. The average molecular weight is 407 g/mol. The Bertz CT molecular complexity index is 788. The summed E-state index contributed by atoms with van der Waals surface area (Å²) in [4.78, 5) is 17.5. The Labute approximate surface area is 171 Å². The van der Waals surface area contributed by atoms with Crippen molar-refractivity contribution < 1.29 is 14.4 Å². The van der Waals surface area contributed by atoms with Crippen LogP contribution in [0, 0.1) is 0 Å². The molecule has 8 heteroatoms. The first kappa shape index (κ1) is 23.3. The second-order valence-electron chi connectivity index (χ2n) is 5.81. The number of hydrazine groups is 1. The van der Waals surface area contributed by atoms with Gasteiger partial charge in [-0.1, -0.05) is 41.6 Å². The number of nitrogens with zero attached hydrogens (tertiary/aromatic N) is 2. The van der Waals surface area contributed by atoms with E-state index >= 15 is 0 Å². The quantitative estimate of drug-likeness (QED) is 0.274. The van der Waals surface area contributed by atoms with Crippen molar-refractivity contribution in [3.05, 3.63) is 64.9 Å². The van der Waals surface area contributed by atoms with Crippen molar-refractivity contribution in [3.8, 4) is 0 Å². The van der Waals surface area contributed by atoms with E-state index in [1.54, 1.807) is 45.5 Å². The number of carbonyl (C=O) groups is 1. The largest absolute Gasteiger partial charge is 0.497 e. The number of amides is 2. The van der Waals surface area contributed by atoms with Gasteiger partial charge in [-0.15, -0.1) is 0 Å². The fourth-order valence-electron chi connectivity index (χ4n) is 1.88. The van der Waals surface area contributed by atoms with E-state index in [2.05, 4.69) is 22.5 Å². The minimum atomic E-state index is -0.325. The zero-order valence-corrected chi connectivity index (χ0v) is 17.6. The molecule has 0 atom stereocenters. The molecule has 0 aliphatic heterocycles. The second kappa shape index (κ2) is 11.8. The summed E-state index contributed by atoms with van der Waals surface area (Å²) in [5.74, 6) is 0.562. The number of anilines is 1. The molecular formula is C20H27ClN4O3. The van der Waals surface area contributed by atoms with Crippen molar-refractivity contribution in [1.29, 1.82) is 0 Å². The molecule has 2 N–H and O–H groups in total. The fraction of sp³-hybridized carbons (Fsp3) is 0.300. The van der Waals surface area contributed by atoms with Crippen molar-refractivity contribution >= 4 is 29.0 Å². The lowest BCUT2D eigenvalue weighted by Crippen LogP contribution is -2.40. The van der Waals surface area contributed by atoms with Crippen molar-refractivity contribution in [2.75, 3.05) is 26.5 Å². The maximum atomic E-state index is 12.1. The Morgan fingerprint density at radius 1 is 1.39 bits per heavy atom. The fourth-order valence-corrected chi connectivity index (χ4v) is 2.11. The molecule has 0 radical (unpaired) electrons. The van der Waals surface area contributed by atoms with E-state index in [0.717, 1.165) is 5.57 Å². The second-order valence-corrected chi connectivity index (χ2v) is 6.22. The highest BCUT2D eigenvalue weighted by molar-refractivity contribution is 6.31. The van der Waals surface area contributed by atoms with Gasteiger partial charge in [-0.3, -0.25) is 5.01 Å². The molecule has 1 aromatic rings. The number of hydrogen-bond donors (Lipinski definition) is 2. The van der Waals surface area contributed by atoms with Crippen LogP contribution in [0.4, 0.5) is 10.5 Å². The van der Waals surface area contributed by atoms with E-state index in [-0.39, 0.29) is 12.6 Å². The lowest BCUT2D eigenvalue weighted by molar-refractivity contribution is 0.131. The minimum Gasteiger partial charge on any atom is -0.497 e. The molecule has 152 valence electrons. The van der Waals surface area contributed by atoms with Gasteiger partial charge in [0, 0.05) is 24.7 Å². The van der Waals surface area contributed by atoms with Crippen molar-refractivity contribution in [1.82, 2.24) is 10.4 Å². The first-order valence-corrected chi connectivity index (χ1v) is 8.92. The first-order valence-electron chi connectivity index (χ1n) is 8.54. The summed E-state index contributed by atoms with van der Waals surface area (Å²) in [5.41, 5.74) is 5.55. The van der Waals surface area contributed by atoms with Crippen molar-refractivity contribution in [2.45, 2.75) is 20.5 Å². The van der Waals surface area contributed by atoms with Crippen LogP contribution in [0.15, 0.2) is 59.5 Å². The zero-order chi connectivity index (χ0) is 21.1. The summed E-state index contributed by atoms with van der Waals surface area (Å²) in [6, 6.07) is 4.91. The minimum absolute atomic E-state index is 0.111. The molecule has 0 aromatic heterocycles. The maximum Gasteiger partial charge on any atom is 0.335 e. The molecule has 1 rings (SSSR count). The topological polar surface area (TPSA) is 75.2 Å². The molecule has 0 saturated heterocycles. The molecule has 1 aromatic carbocycles. The number of carbonyl (C=O) groups excluding carboxylic acids is 1. The van der Waals surface area contributed by atoms with Crippen LogP contribution in [0.1, 0.15) is 19.4 Å². The van der Waals surface area contributed by atoms with E-state index in [9.17, 15) is 4.79 Å². The third-order valence-corrected chi connectivity index (χ3v) is 4.23. The number of urea groups is 1. The Kier molecular flexibility index (Phi) is 9.84. The maximum absolute atomic E-state index is 12.1. The summed E-state index contributed by atoms with van der Waals surface area (Å²) in [6.07, 6.45) is 5.44. The number of allylic oxidation sites excluding steroid dienone is 4.